The topological polar surface area (TPSA) is 99.9 Å². The molecule has 4 rings (SSSR count). The molecular weight excluding hydrogens is 410 g/mol. The number of anilines is 2. The molecule has 0 fully saturated rings. The van der Waals surface area contributed by atoms with Gasteiger partial charge in [-0.15, -0.1) is 0 Å². The summed E-state index contributed by atoms with van der Waals surface area (Å²) in [5, 5.41) is 7.49. The number of hydrogen-bond donors (Lipinski definition) is 1. The fraction of sp³-hybridized carbons (Fsp3) is 0.217. The number of pyridine rings is 1. The van der Waals surface area contributed by atoms with Crippen LogP contribution in [0.1, 0.15) is 17.3 Å². The molecule has 0 aliphatic carbocycles. The SMILES string of the molecule is CCOC(=O)c1cccnc1Nc1cc(OCCOC)cc(-c2cn3ncccc3n2)c1. The molecule has 0 aliphatic rings. The van der Waals surface area contributed by atoms with E-state index in [1.54, 1.807) is 43.1 Å². The van der Waals surface area contributed by atoms with Crippen LogP contribution in [0.5, 0.6) is 5.75 Å². The van der Waals surface area contributed by atoms with Crippen LogP contribution in [0.15, 0.2) is 61.1 Å². The van der Waals surface area contributed by atoms with Gasteiger partial charge >= 0.3 is 5.97 Å². The molecule has 3 heterocycles. The van der Waals surface area contributed by atoms with E-state index in [-0.39, 0.29) is 6.61 Å². The fourth-order valence-electron chi connectivity index (χ4n) is 3.13. The van der Waals surface area contributed by atoms with Crippen molar-refractivity contribution in [1.82, 2.24) is 19.6 Å². The average molecular weight is 433 g/mol. The second kappa shape index (κ2) is 9.88. The summed E-state index contributed by atoms with van der Waals surface area (Å²) >= 11 is 0. The second-order valence-corrected chi connectivity index (χ2v) is 6.78. The van der Waals surface area contributed by atoms with E-state index in [4.69, 9.17) is 14.2 Å². The first-order chi connectivity index (χ1) is 15.7. The summed E-state index contributed by atoms with van der Waals surface area (Å²) in [7, 11) is 1.62. The number of ether oxygens (including phenoxy) is 3. The molecule has 1 aromatic carbocycles. The zero-order chi connectivity index (χ0) is 22.3. The Bertz CT molecular complexity index is 1190. The third-order valence-corrected chi connectivity index (χ3v) is 4.56. The Balaban J connectivity index is 1.71. The highest BCUT2D eigenvalue weighted by Gasteiger charge is 2.15. The standard InChI is InChI=1S/C23H23N5O4/c1-3-31-23(29)19-6-4-8-24-22(19)26-17-12-16(13-18(14-17)32-11-10-30-2)20-15-28-21(27-20)7-5-9-25-28/h4-9,12-15H,3,10-11H2,1-2H3,(H,24,26). The Morgan fingerprint density at radius 1 is 1.12 bits per heavy atom. The van der Waals surface area contributed by atoms with E-state index in [9.17, 15) is 4.79 Å². The first-order valence-electron chi connectivity index (χ1n) is 10.1. The lowest BCUT2D eigenvalue weighted by atomic mass is 10.1. The second-order valence-electron chi connectivity index (χ2n) is 6.78. The molecule has 0 radical (unpaired) electrons. The van der Waals surface area contributed by atoms with Gasteiger partial charge in [0.2, 0.25) is 0 Å². The molecule has 0 aliphatic heterocycles. The molecule has 0 saturated carbocycles. The van der Waals surface area contributed by atoms with Gasteiger partial charge in [0.25, 0.3) is 0 Å². The number of aromatic nitrogens is 4. The normalized spacial score (nSPS) is 10.8. The molecule has 9 heteroatoms. The molecule has 0 atom stereocenters. The van der Waals surface area contributed by atoms with Crippen molar-refractivity contribution >= 4 is 23.1 Å². The van der Waals surface area contributed by atoms with Crippen molar-refractivity contribution in [3.05, 3.63) is 66.6 Å². The lowest BCUT2D eigenvalue weighted by Gasteiger charge is -2.13. The van der Waals surface area contributed by atoms with Gasteiger partial charge in [0.05, 0.1) is 25.1 Å². The van der Waals surface area contributed by atoms with Crippen molar-refractivity contribution in [2.24, 2.45) is 0 Å². The molecule has 9 nitrogen and oxygen atoms in total. The quantitative estimate of drug-likeness (QED) is 0.315. The van der Waals surface area contributed by atoms with E-state index < -0.39 is 5.97 Å². The zero-order valence-corrected chi connectivity index (χ0v) is 17.8. The lowest BCUT2D eigenvalue weighted by molar-refractivity contribution is 0.0527. The van der Waals surface area contributed by atoms with Crippen molar-refractivity contribution < 1.29 is 19.0 Å². The number of carbonyl (C=O) groups excluding carboxylic acids is 1. The summed E-state index contributed by atoms with van der Waals surface area (Å²) in [4.78, 5) is 21.3. The summed E-state index contributed by atoms with van der Waals surface area (Å²) in [5.41, 5.74) is 3.32. The van der Waals surface area contributed by atoms with Crippen LogP contribution in [0, 0.1) is 0 Å². The maximum atomic E-state index is 12.3. The van der Waals surface area contributed by atoms with Crippen LogP contribution in [-0.4, -0.2) is 52.5 Å². The van der Waals surface area contributed by atoms with Gasteiger partial charge in [-0.3, -0.25) is 0 Å². The van der Waals surface area contributed by atoms with E-state index in [0.29, 0.717) is 36.0 Å². The highest BCUT2D eigenvalue weighted by Crippen LogP contribution is 2.30. The molecule has 0 bridgehead atoms. The minimum atomic E-state index is -0.442. The maximum absolute atomic E-state index is 12.3. The van der Waals surface area contributed by atoms with Crippen LogP contribution in [-0.2, 0) is 9.47 Å². The molecule has 164 valence electrons. The predicted molar refractivity (Wildman–Crippen MR) is 119 cm³/mol. The number of fused-ring (bicyclic) bond motifs is 1. The first kappa shape index (κ1) is 21.3. The Kier molecular flexibility index (Phi) is 6.57. The minimum absolute atomic E-state index is 0.280. The number of rotatable bonds is 9. The largest absolute Gasteiger partial charge is 0.491 e. The summed E-state index contributed by atoms with van der Waals surface area (Å²) in [5.74, 6) is 0.575. The molecule has 3 aromatic heterocycles. The van der Waals surface area contributed by atoms with Crippen LogP contribution in [0.25, 0.3) is 16.9 Å². The Morgan fingerprint density at radius 2 is 2.00 bits per heavy atom. The minimum Gasteiger partial charge on any atom is -0.491 e. The summed E-state index contributed by atoms with van der Waals surface area (Å²) in [6.45, 7) is 2.89. The lowest BCUT2D eigenvalue weighted by Crippen LogP contribution is -2.09. The van der Waals surface area contributed by atoms with Gasteiger partial charge in [0.15, 0.2) is 5.65 Å². The van der Waals surface area contributed by atoms with Crippen LogP contribution in [0.3, 0.4) is 0 Å². The Labute approximate surface area is 185 Å². The van der Waals surface area contributed by atoms with E-state index in [2.05, 4.69) is 20.4 Å². The number of esters is 1. The number of nitrogens with zero attached hydrogens (tertiary/aromatic N) is 4. The number of nitrogens with one attached hydrogen (secondary N) is 1. The van der Waals surface area contributed by atoms with Gasteiger partial charge in [0, 0.05) is 36.8 Å². The summed E-state index contributed by atoms with van der Waals surface area (Å²) < 4.78 is 17.8. The van der Waals surface area contributed by atoms with E-state index in [1.807, 2.05) is 36.5 Å². The number of methoxy groups -OCH3 is 1. The highest BCUT2D eigenvalue weighted by molar-refractivity contribution is 5.95. The van der Waals surface area contributed by atoms with Crippen molar-refractivity contribution in [2.45, 2.75) is 6.92 Å². The van der Waals surface area contributed by atoms with Crippen molar-refractivity contribution in [3.8, 4) is 17.0 Å². The van der Waals surface area contributed by atoms with Crippen LogP contribution >= 0.6 is 0 Å². The highest BCUT2D eigenvalue weighted by atomic mass is 16.5. The van der Waals surface area contributed by atoms with Gasteiger partial charge in [-0.2, -0.15) is 5.10 Å². The zero-order valence-electron chi connectivity index (χ0n) is 17.8. The van der Waals surface area contributed by atoms with Crippen LogP contribution in [0.2, 0.25) is 0 Å². The monoisotopic (exact) mass is 433 g/mol. The van der Waals surface area contributed by atoms with Crippen molar-refractivity contribution in [3.63, 3.8) is 0 Å². The number of hydrogen-bond acceptors (Lipinski definition) is 8. The first-order valence-corrected chi connectivity index (χ1v) is 10.1. The van der Waals surface area contributed by atoms with Crippen LogP contribution in [0.4, 0.5) is 11.5 Å². The van der Waals surface area contributed by atoms with E-state index >= 15 is 0 Å². The van der Waals surface area contributed by atoms with Crippen molar-refractivity contribution in [1.29, 1.82) is 0 Å². The molecule has 0 unspecified atom stereocenters. The number of carbonyl (C=O) groups is 1. The third-order valence-electron chi connectivity index (χ3n) is 4.56. The number of imidazole rings is 1. The maximum Gasteiger partial charge on any atom is 0.341 e. The molecular formula is C23H23N5O4. The molecule has 0 spiro atoms. The molecule has 1 N–H and O–H groups in total. The summed E-state index contributed by atoms with van der Waals surface area (Å²) in [6.07, 6.45) is 5.16. The Hall–Kier alpha value is -3.98. The molecule has 0 amide bonds. The van der Waals surface area contributed by atoms with E-state index in [0.717, 1.165) is 16.9 Å². The van der Waals surface area contributed by atoms with Gasteiger partial charge in [0.1, 0.15) is 23.7 Å². The van der Waals surface area contributed by atoms with Crippen molar-refractivity contribution in [2.75, 3.05) is 32.2 Å². The predicted octanol–water partition coefficient (Wildman–Crippen LogP) is 3.74. The summed E-state index contributed by atoms with van der Waals surface area (Å²) in [6, 6.07) is 12.7. The third kappa shape index (κ3) is 4.84. The molecule has 32 heavy (non-hydrogen) atoms. The van der Waals surface area contributed by atoms with Gasteiger partial charge in [-0.05, 0) is 43.3 Å². The fourth-order valence-corrected chi connectivity index (χ4v) is 3.13. The number of benzene rings is 1. The Morgan fingerprint density at radius 3 is 2.81 bits per heavy atom. The molecule has 0 saturated heterocycles. The van der Waals surface area contributed by atoms with E-state index in [1.165, 1.54) is 0 Å². The average Bonchev–Trinajstić information content (AvgIpc) is 3.24. The van der Waals surface area contributed by atoms with Crippen LogP contribution < -0.4 is 10.1 Å². The van der Waals surface area contributed by atoms with Gasteiger partial charge in [-0.25, -0.2) is 19.3 Å². The molecule has 4 aromatic rings. The smallest absolute Gasteiger partial charge is 0.341 e. The van der Waals surface area contributed by atoms with Gasteiger partial charge < -0.3 is 19.5 Å². The van der Waals surface area contributed by atoms with Gasteiger partial charge in [-0.1, -0.05) is 0 Å².